The predicted molar refractivity (Wildman–Crippen MR) is 87.6 cm³/mol. The smallest absolute Gasteiger partial charge is 0.343 e. The molecule has 1 saturated carbocycles. The van der Waals surface area contributed by atoms with Gasteiger partial charge in [-0.1, -0.05) is 11.6 Å². The molecule has 150 valence electrons. The third kappa shape index (κ3) is 3.38. The van der Waals surface area contributed by atoms with Crippen LogP contribution in [-0.4, -0.2) is 21.0 Å². The molecule has 3 atom stereocenters. The second-order valence-electron chi connectivity index (χ2n) is 6.91. The molecule has 28 heavy (non-hydrogen) atoms. The highest BCUT2D eigenvalue weighted by atomic mass is 35.5. The molecule has 4 rings (SSSR count). The van der Waals surface area contributed by atoms with Gasteiger partial charge < -0.3 is 4.90 Å². The highest BCUT2D eigenvalue weighted by Gasteiger charge is 2.49. The lowest BCUT2D eigenvalue weighted by Gasteiger charge is -2.36. The monoisotopic (exact) mass is 422 g/mol. The molecule has 0 amide bonds. The molecule has 2 aromatic rings. The van der Waals surface area contributed by atoms with E-state index in [1.165, 1.54) is 17.2 Å². The average molecular weight is 423 g/mol. The van der Waals surface area contributed by atoms with E-state index < -0.39 is 29.7 Å². The fraction of sp³-hybridized carbons (Fsp3) is 0.471. The predicted octanol–water partition coefficient (Wildman–Crippen LogP) is 5.29. The van der Waals surface area contributed by atoms with E-state index in [9.17, 15) is 26.3 Å². The van der Waals surface area contributed by atoms with Crippen molar-refractivity contribution in [3.63, 3.8) is 0 Å². The summed E-state index contributed by atoms with van der Waals surface area (Å²) in [6.45, 7) is 0. The molecular formula is C17H13ClF6N4. The summed E-state index contributed by atoms with van der Waals surface area (Å²) in [6, 6.07) is 1.34. The summed E-state index contributed by atoms with van der Waals surface area (Å²) in [4.78, 5) is 13.3. The normalized spacial score (nSPS) is 24.8. The topological polar surface area (TPSA) is 41.9 Å². The van der Waals surface area contributed by atoms with Crippen LogP contribution in [0.4, 0.5) is 32.2 Å². The minimum atomic E-state index is -5.00. The Bertz CT molecular complexity index is 868. The van der Waals surface area contributed by atoms with Crippen molar-refractivity contribution >= 4 is 17.4 Å². The molecule has 0 radical (unpaired) electrons. The van der Waals surface area contributed by atoms with Crippen molar-refractivity contribution in [2.45, 2.75) is 43.7 Å². The Morgan fingerprint density at radius 2 is 1.75 bits per heavy atom. The fourth-order valence-electron chi connectivity index (χ4n) is 4.10. The van der Waals surface area contributed by atoms with Gasteiger partial charge >= 0.3 is 12.4 Å². The van der Waals surface area contributed by atoms with Gasteiger partial charge in [0.1, 0.15) is 16.7 Å². The molecule has 0 aromatic carbocycles. The van der Waals surface area contributed by atoms with Crippen molar-refractivity contribution in [2.24, 2.45) is 5.92 Å². The molecule has 1 aliphatic heterocycles. The van der Waals surface area contributed by atoms with Crippen LogP contribution >= 0.6 is 11.6 Å². The van der Waals surface area contributed by atoms with Gasteiger partial charge in [-0.15, -0.1) is 0 Å². The number of anilines is 1. The van der Waals surface area contributed by atoms with E-state index in [-0.39, 0.29) is 34.8 Å². The van der Waals surface area contributed by atoms with Gasteiger partial charge in [0.25, 0.3) is 0 Å². The molecule has 0 unspecified atom stereocenters. The summed E-state index contributed by atoms with van der Waals surface area (Å²) in [5, 5.41) is 0.153. The summed E-state index contributed by atoms with van der Waals surface area (Å²) >= 11 is 5.91. The quantitative estimate of drug-likeness (QED) is 0.487. The van der Waals surface area contributed by atoms with Gasteiger partial charge in [0.15, 0.2) is 5.82 Å². The van der Waals surface area contributed by atoms with Crippen LogP contribution in [0, 0.1) is 5.92 Å². The number of fused-ring (bicyclic) bond motifs is 2. The molecule has 1 saturated heterocycles. The maximum Gasteiger partial charge on any atom is 0.433 e. The molecule has 4 nitrogen and oxygen atoms in total. The van der Waals surface area contributed by atoms with E-state index in [4.69, 9.17) is 11.6 Å². The Hall–Kier alpha value is -2.10. The Balaban J connectivity index is 1.84. The lowest BCUT2D eigenvalue weighted by molar-refractivity contribution is -0.145. The van der Waals surface area contributed by atoms with E-state index in [1.807, 2.05) is 0 Å². The third-order valence-corrected chi connectivity index (χ3v) is 5.39. The first-order valence-electron chi connectivity index (χ1n) is 8.47. The number of nitrogens with zero attached hydrogens (tertiary/aromatic N) is 4. The van der Waals surface area contributed by atoms with Crippen LogP contribution in [-0.2, 0) is 12.4 Å². The van der Waals surface area contributed by atoms with Crippen molar-refractivity contribution in [3.05, 3.63) is 46.6 Å². The minimum Gasteiger partial charge on any atom is -0.343 e. The molecular weight excluding hydrogens is 410 g/mol. The number of piperidine rings is 1. The minimum absolute atomic E-state index is 0.00847. The van der Waals surface area contributed by atoms with Crippen LogP contribution in [0.25, 0.3) is 0 Å². The Labute approximate surface area is 160 Å². The van der Waals surface area contributed by atoms with Crippen molar-refractivity contribution in [1.82, 2.24) is 15.0 Å². The van der Waals surface area contributed by atoms with Crippen molar-refractivity contribution in [2.75, 3.05) is 4.90 Å². The van der Waals surface area contributed by atoms with E-state index in [2.05, 4.69) is 15.0 Å². The number of halogens is 7. The van der Waals surface area contributed by atoms with Gasteiger partial charge in [0.2, 0.25) is 0 Å². The Morgan fingerprint density at radius 1 is 1.00 bits per heavy atom. The van der Waals surface area contributed by atoms with E-state index >= 15 is 0 Å². The van der Waals surface area contributed by atoms with Crippen LogP contribution in [0.1, 0.15) is 42.4 Å². The maximum atomic E-state index is 13.2. The van der Waals surface area contributed by atoms with E-state index in [1.54, 1.807) is 0 Å². The van der Waals surface area contributed by atoms with Crippen molar-refractivity contribution in [1.29, 1.82) is 0 Å². The molecule has 2 aliphatic rings. The standard InChI is InChI=1S/C17H13ClF6N4/c18-12-3-4-25-15(27-12)14-8-1-2-10(5-8)28(14)13-7-9(16(19,20)21)6-11(26-13)17(22,23)24/h3-4,6-8,10,14H,1-2,5H2/t8-,10+,14-/m0/s1. The number of alkyl halides is 6. The second-order valence-corrected chi connectivity index (χ2v) is 7.30. The lowest BCUT2D eigenvalue weighted by atomic mass is 9.97. The fourth-order valence-corrected chi connectivity index (χ4v) is 4.24. The van der Waals surface area contributed by atoms with Gasteiger partial charge in [0, 0.05) is 12.2 Å². The van der Waals surface area contributed by atoms with Crippen LogP contribution in [0.3, 0.4) is 0 Å². The van der Waals surface area contributed by atoms with Gasteiger partial charge in [0.05, 0.1) is 11.6 Å². The molecule has 2 aromatic heterocycles. The molecule has 3 heterocycles. The SMILES string of the molecule is FC(F)(F)c1cc(N2[C@@H]3CC[C@@H](C3)[C@H]2c2nccc(Cl)n2)nc(C(F)(F)F)c1. The number of rotatable bonds is 2. The molecule has 0 spiro atoms. The highest BCUT2D eigenvalue weighted by molar-refractivity contribution is 6.29. The number of hydrogen-bond donors (Lipinski definition) is 0. The summed E-state index contributed by atoms with van der Waals surface area (Å²) in [5.74, 6) is -0.0930. The van der Waals surface area contributed by atoms with Gasteiger partial charge in [-0.3, -0.25) is 0 Å². The maximum absolute atomic E-state index is 13.2. The Morgan fingerprint density at radius 3 is 2.39 bits per heavy atom. The second kappa shape index (κ2) is 6.47. The lowest BCUT2D eigenvalue weighted by Crippen LogP contribution is -2.37. The van der Waals surface area contributed by atoms with Crippen LogP contribution in [0.15, 0.2) is 24.4 Å². The highest BCUT2D eigenvalue weighted by Crippen LogP contribution is 2.51. The van der Waals surface area contributed by atoms with Crippen LogP contribution < -0.4 is 4.90 Å². The van der Waals surface area contributed by atoms with Gasteiger partial charge in [-0.2, -0.15) is 26.3 Å². The zero-order chi connectivity index (χ0) is 20.3. The summed E-state index contributed by atoms with van der Waals surface area (Å²) in [6.07, 6.45) is -6.46. The molecule has 0 N–H and O–H groups in total. The summed E-state index contributed by atoms with van der Waals surface area (Å²) in [5.41, 5.74) is -2.97. The Kier molecular flexibility index (Phi) is 4.44. The molecule has 2 fully saturated rings. The third-order valence-electron chi connectivity index (χ3n) is 5.18. The van der Waals surface area contributed by atoms with Crippen LogP contribution in [0.2, 0.25) is 5.15 Å². The molecule has 1 aliphatic carbocycles. The van der Waals surface area contributed by atoms with Gasteiger partial charge in [-0.25, -0.2) is 15.0 Å². The van der Waals surface area contributed by atoms with Crippen molar-refractivity contribution in [3.8, 4) is 0 Å². The number of aromatic nitrogens is 3. The average Bonchev–Trinajstić information content (AvgIpc) is 3.21. The molecule has 2 bridgehead atoms. The van der Waals surface area contributed by atoms with Crippen LogP contribution in [0.5, 0.6) is 0 Å². The van der Waals surface area contributed by atoms with Crippen molar-refractivity contribution < 1.29 is 26.3 Å². The zero-order valence-corrected chi connectivity index (χ0v) is 14.9. The van der Waals surface area contributed by atoms with E-state index in [0.29, 0.717) is 18.9 Å². The molecule has 11 heteroatoms. The first kappa shape index (κ1) is 19.2. The largest absolute Gasteiger partial charge is 0.433 e. The first-order valence-corrected chi connectivity index (χ1v) is 8.85. The zero-order valence-electron chi connectivity index (χ0n) is 14.1. The number of pyridine rings is 1. The first-order chi connectivity index (χ1) is 13.0. The summed E-state index contributed by atoms with van der Waals surface area (Å²) in [7, 11) is 0. The van der Waals surface area contributed by atoms with E-state index in [0.717, 1.165) is 6.42 Å². The summed E-state index contributed by atoms with van der Waals surface area (Å²) < 4.78 is 79.3. The number of hydrogen-bond acceptors (Lipinski definition) is 4. The van der Waals surface area contributed by atoms with Gasteiger partial charge in [-0.05, 0) is 43.4 Å².